The number of rotatable bonds is 12. The van der Waals surface area contributed by atoms with E-state index >= 15 is 0 Å². The van der Waals surface area contributed by atoms with Crippen LogP contribution in [0.3, 0.4) is 0 Å². The van der Waals surface area contributed by atoms with E-state index in [0.29, 0.717) is 24.1 Å². The number of carbonyl (C=O) groups is 4. The summed E-state index contributed by atoms with van der Waals surface area (Å²) in [5.74, 6) is -3.98. The summed E-state index contributed by atoms with van der Waals surface area (Å²) < 4.78 is 31.7. The average Bonchev–Trinajstić information content (AvgIpc) is 2.94. The van der Waals surface area contributed by atoms with Crippen LogP contribution in [0.4, 0.5) is 19.0 Å². The third-order valence-corrected chi connectivity index (χ3v) is 5.46. The van der Waals surface area contributed by atoms with E-state index in [-0.39, 0.29) is 31.0 Å². The monoisotopic (exact) mass is 590 g/mol. The molecule has 3 rings (SSSR count). The molecule has 14 heteroatoms. The van der Waals surface area contributed by atoms with Crippen molar-refractivity contribution in [2.75, 3.05) is 18.4 Å². The first-order chi connectivity index (χ1) is 19.9. The zero-order chi connectivity index (χ0) is 31.1. The highest BCUT2D eigenvalue weighted by Crippen LogP contribution is 2.32. The molecule has 2 amide bonds. The van der Waals surface area contributed by atoms with E-state index in [1.54, 1.807) is 18.3 Å². The third-order valence-electron chi connectivity index (χ3n) is 5.46. The van der Waals surface area contributed by atoms with Gasteiger partial charge in [0.05, 0.1) is 19.0 Å². The second kappa shape index (κ2) is 16.2. The van der Waals surface area contributed by atoms with Crippen LogP contribution >= 0.6 is 0 Å². The number of benzene rings is 2. The number of phenols is 1. The lowest BCUT2D eigenvalue weighted by atomic mass is 9.98. The molecule has 0 fully saturated rings. The highest BCUT2D eigenvalue weighted by Gasteiger charge is 2.38. The molecule has 0 aliphatic heterocycles. The third kappa shape index (κ3) is 11.9. The van der Waals surface area contributed by atoms with Gasteiger partial charge < -0.3 is 31.3 Å². The number of carbonyl (C=O) groups excluding carboxylic acids is 2. The number of hydrogen-bond donors (Lipinski definition) is 6. The van der Waals surface area contributed by atoms with Crippen LogP contribution in [-0.2, 0) is 19.2 Å². The SMILES string of the molecule is O=C(O)C(F)(F)F.O=C(O)CC(NC(=O)CNC(=O)CCCNc1ccccn1)c1ccc(-c2ccccc2)c(O)c1. The van der Waals surface area contributed by atoms with Crippen LogP contribution in [0.1, 0.15) is 30.9 Å². The van der Waals surface area contributed by atoms with E-state index in [2.05, 4.69) is 20.9 Å². The van der Waals surface area contributed by atoms with E-state index < -0.39 is 30.1 Å². The minimum Gasteiger partial charge on any atom is -0.507 e. The first-order valence-electron chi connectivity index (χ1n) is 12.5. The van der Waals surface area contributed by atoms with Crippen LogP contribution in [0.15, 0.2) is 72.9 Å². The number of alkyl halides is 3. The number of aliphatic carboxylic acids is 2. The lowest BCUT2D eigenvalue weighted by molar-refractivity contribution is -0.192. The predicted molar refractivity (Wildman–Crippen MR) is 145 cm³/mol. The van der Waals surface area contributed by atoms with Crippen LogP contribution < -0.4 is 16.0 Å². The van der Waals surface area contributed by atoms with Crippen molar-refractivity contribution in [1.82, 2.24) is 15.6 Å². The Labute approximate surface area is 238 Å². The second-order valence-electron chi connectivity index (χ2n) is 8.69. The van der Waals surface area contributed by atoms with E-state index in [9.17, 15) is 37.8 Å². The molecular weight excluding hydrogens is 561 g/mol. The molecule has 224 valence electrons. The Morgan fingerprint density at radius 2 is 1.57 bits per heavy atom. The molecule has 3 aromatic rings. The Hall–Kier alpha value is -5.14. The molecule has 1 aromatic heterocycles. The maximum Gasteiger partial charge on any atom is 0.490 e. The predicted octanol–water partition coefficient (Wildman–Crippen LogP) is 3.73. The summed E-state index contributed by atoms with van der Waals surface area (Å²) in [4.78, 5) is 48.8. The standard InChI is InChI=1S/C26H28N4O5.C2HF3O2/c31-22-15-19(11-12-20(22)18-7-2-1-3-8-18)21(16-26(34)35)30-25(33)17-29-24(32)10-6-14-28-23-9-4-5-13-27-23;3-2(4,5)1(6)7/h1-5,7-9,11-13,15,21,31H,6,10,14,16-17H2,(H,27,28)(H,29,32)(H,30,33)(H,34,35);(H,6,7). The highest BCUT2D eigenvalue weighted by molar-refractivity contribution is 5.85. The summed E-state index contributed by atoms with van der Waals surface area (Å²) in [5, 5.41) is 35.2. The van der Waals surface area contributed by atoms with Crippen LogP contribution in [0.5, 0.6) is 5.75 Å². The normalized spacial score (nSPS) is 11.3. The highest BCUT2D eigenvalue weighted by atomic mass is 19.4. The van der Waals surface area contributed by atoms with Crippen LogP contribution in [0.2, 0.25) is 0 Å². The lowest BCUT2D eigenvalue weighted by Crippen LogP contribution is -2.39. The molecule has 0 saturated carbocycles. The number of halogens is 3. The van der Waals surface area contributed by atoms with Gasteiger partial charge in [-0.25, -0.2) is 9.78 Å². The fraction of sp³-hybridized carbons (Fsp3) is 0.250. The summed E-state index contributed by atoms with van der Waals surface area (Å²) in [6.07, 6.45) is -3.01. The molecule has 6 N–H and O–H groups in total. The molecular formula is C28H29F3N4O7. The molecule has 1 unspecified atom stereocenters. The van der Waals surface area contributed by atoms with Crippen molar-refractivity contribution < 1.29 is 47.7 Å². The topological polar surface area (TPSA) is 178 Å². The Kier molecular flexibility index (Phi) is 12.8. The number of anilines is 1. The van der Waals surface area contributed by atoms with Gasteiger partial charge in [0.25, 0.3) is 0 Å². The molecule has 2 aromatic carbocycles. The molecule has 42 heavy (non-hydrogen) atoms. The molecule has 1 atom stereocenters. The molecule has 11 nitrogen and oxygen atoms in total. The number of amides is 2. The molecule has 0 aliphatic carbocycles. The first-order valence-corrected chi connectivity index (χ1v) is 12.5. The van der Waals surface area contributed by atoms with E-state index in [4.69, 9.17) is 9.90 Å². The summed E-state index contributed by atoms with van der Waals surface area (Å²) >= 11 is 0. The van der Waals surface area contributed by atoms with Crippen LogP contribution in [0.25, 0.3) is 11.1 Å². The van der Waals surface area contributed by atoms with Gasteiger partial charge in [-0.15, -0.1) is 0 Å². The van der Waals surface area contributed by atoms with Crippen molar-refractivity contribution in [3.63, 3.8) is 0 Å². The number of aromatic nitrogens is 1. The summed E-state index contributed by atoms with van der Waals surface area (Å²) in [7, 11) is 0. The van der Waals surface area contributed by atoms with Crippen molar-refractivity contribution >= 4 is 29.6 Å². The minimum atomic E-state index is -5.08. The zero-order valence-corrected chi connectivity index (χ0v) is 22.1. The molecule has 0 aliphatic rings. The number of hydrogen-bond acceptors (Lipinski definition) is 7. The van der Waals surface area contributed by atoms with Gasteiger partial charge in [-0.1, -0.05) is 48.5 Å². The molecule has 0 radical (unpaired) electrons. The van der Waals surface area contributed by atoms with Crippen molar-refractivity contribution in [1.29, 1.82) is 0 Å². The molecule has 0 bridgehead atoms. The van der Waals surface area contributed by atoms with E-state index in [1.165, 1.54) is 6.07 Å². The Balaban J connectivity index is 0.000000782. The average molecular weight is 591 g/mol. The van der Waals surface area contributed by atoms with Gasteiger partial charge in [0.1, 0.15) is 11.6 Å². The van der Waals surface area contributed by atoms with Gasteiger partial charge in [-0.05, 0) is 35.7 Å². The van der Waals surface area contributed by atoms with Gasteiger partial charge in [-0.3, -0.25) is 14.4 Å². The quantitative estimate of drug-likeness (QED) is 0.172. The minimum absolute atomic E-state index is 0.0223. The first kappa shape index (κ1) is 33.1. The zero-order valence-electron chi connectivity index (χ0n) is 22.1. The van der Waals surface area contributed by atoms with Crippen LogP contribution in [0, 0.1) is 0 Å². The number of nitrogens with one attached hydrogen (secondary N) is 3. The fourth-order valence-electron chi connectivity index (χ4n) is 3.50. The number of phenolic OH excluding ortho intramolecular Hbond substituents is 1. The fourth-order valence-corrected chi connectivity index (χ4v) is 3.50. The van der Waals surface area contributed by atoms with Crippen molar-refractivity contribution in [2.24, 2.45) is 0 Å². The van der Waals surface area contributed by atoms with Gasteiger partial charge in [-0.2, -0.15) is 13.2 Å². The smallest absolute Gasteiger partial charge is 0.490 e. The summed E-state index contributed by atoms with van der Waals surface area (Å²) in [6.45, 7) is 0.274. The molecule has 1 heterocycles. The second-order valence-corrected chi connectivity index (χ2v) is 8.69. The maximum atomic E-state index is 12.4. The summed E-state index contributed by atoms with van der Waals surface area (Å²) in [5.41, 5.74) is 1.86. The van der Waals surface area contributed by atoms with Gasteiger partial charge in [0.15, 0.2) is 0 Å². The summed E-state index contributed by atoms with van der Waals surface area (Å²) in [6, 6.07) is 18.7. The number of pyridine rings is 1. The number of aromatic hydroxyl groups is 1. The van der Waals surface area contributed by atoms with E-state index in [1.807, 2.05) is 48.5 Å². The van der Waals surface area contributed by atoms with Crippen molar-refractivity contribution in [3.8, 4) is 16.9 Å². The van der Waals surface area contributed by atoms with Crippen molar-refractivity contribution in [3.05, 3.63) is 78.5 Å². The Morgan fingerprint density at radius 3 is 2.14 bits per heavy atom. The van der Waals surface area contributed by atoms with Crippen molar-refractivity contribution in [2.45, 2.75) is 31.5 Å². The number of carboxylic acid groups (broad SMARTS) is 2. The van der Waals surface area contributed by atoms with Crippen LogP contribution in [-0.4, -0.2) is 63.3 Å². The number of carboxylic acids is 2. The molecule has 0 saturated heterocycles. The van der Waals surface area contributed by atoms with E-state index in [0.717, 1.165) is 11.4 Å². The maximum absolute atomic E-state index is 12.4. The largest absolute Gasteiger partial charge is 0.507 e. The van der Waals surface area contributed by atoms with Gasteiger partial charge >= 0.3 is 18.1 Å². The lowest BCUT2D eigenvalue weighted by Gasteiger charge is -2.19. The number of nitrogens with zero attached hydrogens (tertiary/aromatic N) is 1. The Bertz CT molecular complexity index is 1340. The Morgan fingerprint density at radius 1 is 0.905 bits per heavy atom. The van der Waals surface area contributed by atoms with Gasteiger partial charge in [0.2, 0.25) is 11.8 Å². The molecule has 0 spiro atoms. The van der Waals surface area contributed by atoms with Gasteiger partial charge in [0, 0.05) is 24.7 Å².